The molecule has 0 aromatic heterocycles. The summed E-state index contributed by atoms with van der Waals surface area (Å²) in [7, 11) is -3.73. The van der Waals surface area contributed by atoms with Crippen LogP contribution >= 0.6 is 12.4 Å². The van der Waals surface area contributed by atoms with Crippen LogP contribution < -0.4 is 16.2 Å². The Morgan fingerprint density at radius 2 is 1.96 bits per heavy atom. The van der Waals surface area contributed by atoms with E-state index >= 15 is 0 Å². The van der Waals surface area contributed by atoms with E-state index < -0.39 is 10.0 Å². The highest BCUT2D eigenvalue weighted by atomic mass is 35.5. The van der Waals surface area contributed by atoms with E-state index in [4.69, 9.17) is 10.9 Å². The monoisotopic (exact) mass is 359 g/mol. The lowest BCUT2D eigenvalue weighted by molar-refractivity contribution is -0.127. The molecular formula is C15H22ClN3O3S. The molecule has 3 rings (SSSR count). The van der Waals surface area contributed by atoms with E-state index in [0.29, 0.717) is 17.4 Å². The van der Waals surface area contributed by atoms with Gasteiger partial charge in [-0.1, -0.05) is 12.1 Å². The lowest BCUT2D eigenvalue weighted by atomic mass is 9.84. The number of rotatable bonds is 4. The SMILES string of the molecule is Cl.NC1C2CCC(C2)C1C(=O)NCc1cccc(S(N)(=O)=O)c1. The number of nitrogens with one attached hydrogen (secondary N) is 1. The zero-order valence-electron chi connectivity index (χ0n) is 12.6. The van der Waals surface area contributed by atoms with Crippen LogP contribution in [0.4, 0.5) is 0 Å². The van der Waals surface area contributed by atoms with E-state index in [9.17, 15) is 13.2 Å². The minimum Gasteiger partial charge on any atom is -0.352 e. The Morgan fingerprint density at radius 1 is 1.26 bits per heavy atom. The van der Waals surface area contributed by atoms with Crippen molar-refractivity contribution in [2.45, 2.75) is 36.7 Å². The quantitative estimate of drug-likeness (QED) is 0.735. The van der Waals surface area contributed by atoms with E-state index in [0.717, 1.165) is 19.3 Å². The van der Waals surface area contributed by atoms with Crippen molar-refractivity contribution in [3.8, 4) is 0 Å². The van der Waals surface area contributed by atoms with Crippen molar-refractivity contribution < 1.29 is 13.2 Å². The molecule has 5 N–H and O–H groups in total. The van der Waals surface area contributed by atoms with E-state index in [1.807, 2.05) is 0 Å². The van der Waals surface area contributed by atoms with Crippen LogP contribution in [-0.4, -0.2) is 20.4 Å². The second kappa shape index (κ2) is 6.76. The lowest BCUT2D eigenvalue weighted by Gasteiger charge is -2.27. The summed E-state index contributed by atoms with van der Waals surface area (Å²) >= 11 is 0. The molecule has 2 aliphatic rings. The van der Waals surface area contributed by atoms with Crippen molar-refractivity contribution in [2.75, 3.05) is 0 Å². The summed E-state index contributed by atoms with van der Waals surface area (Å²) in [5.74, 6) is 0.739. The Balaban J connectivity index is 0.00000192. The van der Waals surface area contributed by atoms with Crippen LogP contribution in [0.5, 0.6) is 0 Å². The minimum absolute atomic E-state index is 0. The van der Waals surface area contributed by atoms with Gasteiger partial charge in [0.1, 0.15) is 0 Å². The van der Waals surface area contributed by atoms with Gasteiger partial charge in [0.05, 0.1) is 10.8 Å². The third-order valence-corrected chi connectivity index (χ3v) is 5.89. The smallest absolute Gasteiger partial charge is 0.238 e. The number of hydrogen-bond donors (Lipinski definition) is 3. The second-order valence-corrected chi connectivity index (χ2v) is 7.91. The second-order valence-electron chi connectivity index (χ2n) is 6.35. The fraction of sp³-hybridized carbons (Fsp3) is 0.533. The van der Waals surface area contributed by atoms with Crippen LogP contribution in [0.25, 0.3) is 0 Å². The Kier molecular flexibility index (Phi) is 5.35. The topological polar surface area (TPSA) is 115 Å². The fourth-order valence-electron chi connectivity index (χ4n) is 3.86. The number of benzene rings is 1. The fourth-order valence-corrected chi connectivity index (χ4v) is 4.45. The molecule has 8 heteroatoms. The van der Waals surface area contributed by atoms with E-state index in [2.05, 4.69) is 5.32 Å². The van der Waals surface area contributed by atoms with Crippen molar-refractivity contribution in [3.63, 3.8) is 0 Å². The van der Waals surface area contributed by atoms with Gasteiger partial charge >= 0.3 is 0 Å². The zero-order valence-corrected chi connectivity index (χ0v) is 14.3. The number of sulfonamides is 1. The average Bonchev–Trinajstić information content (AvgIpc) is 3.05. The molecule has 2 fully saturated rings. The molecule has 2 bridgehead atoms. The zero-order chi connectivity index (χ0) is 15.9. The molecule has 1 amide bonds. The van der Waals surface area contributed by atoms with Crippen LogP contribution in [0.1, 0.15) is 24.8 Å². The van der Waals surface area contributed by atoms with Crippen LogP contribution in [0.3, 0.4) is 0 Å². The number of primary sulfonamides is 1. The van der Waals surface area contributed by atoms with Gasteiger partial charge < -0.3 is 11.1 Å². The molecule has 4 unspecified atom stereocenters. The molecule has 2 aliphatic carbocycles. The normalized spacial score (nSPS) is 29.1. The van der Waals surface area contributed by atoms with Gasteiger partial charge in [0, 0.05) is 12.6 Å². The van der Waals surface area contributed by atoms with Crippen LogP contribution in [0, 0.1) is 17.8 Å². The van der Waals surface area contributed by atoms with E-state index in [-0.39, 0.29) is 41.7 Å². The van der Waals surface area contributed by atoms with Crippen LogP contribution in [0.2, 0.25) is 0 Å². The first-order valence-electron chi connectivity index (χ1n) is 7.51. The van der Waals surface area contributed by atoms with Gasteiger partial charge in [-0.2, -0.15) is 0 Å². The Hall–Kier alpha value is -1.15. The maximum atomic E-state index is 12.4. The molecule has 128 valence electrons. The number of nitrogens with two attached hydrogens (primary N) is 2. The standard InChI is InChI=1S/C15H21N3O3S.ClH/c16-14-11-5-4-10(7-11)13(14)15(19)18-8-9-2-1-3-12(6-9)22(17,20)21;/h1-3,6,10-11,13-14H,4-5,7-8,16H2,(H,18,19)(H2,17,20,21);1H. The number of hydrogen-bond acceptors (Lipinski definition) is 4. The van der Waals surface area contributed by atoms with Crippen LogP contribution in [-0.2, 0) is 21.4 Å². The van der Waals surface area contributed by atoms with Gasteiger partial charge in [-0.05, 0) is 48.8 Å². The minimum atomic E-state index is -3.73. The van der Waals surface area contributed by atoms with E-state index in [1.165, 1.54) is 12.1 Å². The molecule has 2 saturated carbocycles. The molecule has 0 spiro atoms. The largest absolute Gasteiger partial charge is 0.352 e. The van der Waals surface area contributed by atoms with E-state index in [1.54, 1.807) is 12.1 Å². The molecule has 1 aromatic rings. The third kappa shape index (κ3) is 3.68. The molecule has 23 heavy (non-hydrogen) atoms. The van der Waals surface area contributed by atoms with Crippen molar-refractivity contribution in [1.29, 1.82) is 0 Å². The van der Waals surface area contributed by atoms with Crippen molar-refractivity contribution in [1.82, 2.24) is 5.32 Å². The van der Waals surface area contributed by atoms with Crippen molar-refractivity contribution in [2.24, 2.45) is 28.6 Å². The number of fused-ring (bicyclic) bond motifs is 2. The van der Waals surface area contributed by atoms with Gasteiger partial charge in [-0.25, -0.2) is 13.6 Å². The van der Waals surface area contributed by atoms with Crippen LogP contribution in [0.15, 0.2) is 29.2 Å². The summed E-state index contributed by atoms with van der Waals surface area (Å²) in [6.07, 6.45) is 3.27. The van der Waals surface area contributed by atoms with Crippen molar-refractivity contribution in [3.05, 3.63) is 29.8 Å². The number of halogens is 1. The predicted molar refractivity (Wildman–Crippen MR) is 89.2 cm³/mol. The summed E-state index contributed by atoms with van der Waals surface area (Å²) < 4.78 is 22.7. The highest BCUT2D eigenvalue weighted by molar-refractivity contribution is 7.89. The molecule has 6 nitrogen and oxygen atoms in total. The first kappa shape index (κ1) is 18.2. The van der Waals surface area contributed by atoms with Gasteiger partial charge in [-0.15, -0.1) is 12.4 Å². The molecule has 0 radical (unpaired) electrons. The summed E-state index contributed by atoms with van der Waals surface area (Å²) in [5.41, 5.74) is 6.86. The first-order chi connectivity index (χ1) is 10.4. The lowest BCUT2D eigenvalue weighted by Crippen LogP contribution is -2.45. The van der Waals surface area contributed by atoms with Crippen molar-refractivity contribution >= 4 is 28.3 Å². The van der Waals surface area contributed by atoms with Gasteiger partial charge in [0.2, 0.25) is 15.9 Å². The highest BCUT2D eigenvalue weighted by Crippen LogP contribution is 2.47. The summed E-state index contributed by atoms with van der Waals surface area (Å²) in [5, 5.41) is 7.99. The molecule has 0 aliphatic heterocycles. The Bertz CT molecular complexity index is 693. The number of carbonyl (C=O) groups excluding carboxylic acids is 1. The first-order valence-corrected chi connectivity index (χ1v) is 9.06. The molecule has 1 aromatic carbocycles. The summed E-state index contributed by atoms with van der Waals surface area (Å²) in [6, 6.07) is 6.25. The highest BCUT2D eigenvalue weighted by Gasteiger charge is 2.48. The van der Waals surface area contributed by atoms with Gasteiger partial charge in [0.15, 0.2) is 0 Å². The average molecular weight is 360 g/mol. The van der Waals surface area contributed by atoms with Gasteiger partial charge in [0.25, 0.3) is 0 Å². The Morgan fingerprint density at radius 3 is 2.57 bits per heavy atom. The Labute approximate surface area is 142 Å². The molecular weight excluding hydrogens is 338 g/mol. The number of amides is 1. The maximum Gasteiger partial charge on any atom is 0.238 e. The molecule has 0 saturated heterocycles. The van der Waals surface area contributed by atoms with Gasteiger partial charge in [-0.3, -0.25) is 4.79 Å². The molecule has 4 atom stereocenters. The maximum absolute atomic E-state index is 12.4. The summed E-state index contributed by atoms with van der Waals surface area (Å²) in [4.78, 5) is 12.4. The molecule has 0 heterocycles. The number of carbonyl (C=O) groups is 1. The predicted octanol–water partition coefficient (Wildman–Crippen LogP) is 0.745. The third-order valence-electron chi connectivity index (χ3n) is 4.98. The summed E-state index contributed by atoms with van der Waals surface area (Å²) in [6.45, 7) is 0.281.